The van der Waals surface area contributed by atoms with Gasteiger partial charge in [0.15, 0.2) is 11.5 Å². The average Bonchev–Trinajstić information content (AvgIpc) is 2.43. The van der Waals surface area contributed by atoms with Crippen LogP contribution >= 0.6 is 15.9 Å². The van der Waals surface area contributed by atoms with Crippen LogP contribution in [0.5, 0.6) is 11.5 Å². The fourth-order valence-corrected chi connectivity index (χ4v) is 3.03. The molecule has 106 valence electrons. The highest BCUT2D eigenvalue weighted by Gasteiger charge is 2.26. The Kier molecular flexibility index (Phi) is 5.14. The van der Waals surface area contributed by atoms with Crippen LogP contribution in [0.25, 0.3) is 0 Å². The Bertz CT molecular complexity index is 419. The first-order chi connectivity index (χ1) is 9.13. The van der Waals surface area contributed by atoms with Crippen molar-refractivity contribution in [1.29, 1.82) is 0 Å². The highest BCUT2D eigenvalue weighted by molar-refractivity contribution is 9.08. The molecule has 3 atom stereocenters. The summed E-state index contributed by atoms with van der Waals surface area (Å²) >= 11 is 3.46. The zero-order chi connectivity index (χ0) is 13.8. The number of halogens is 1. The van der Waals surface area contributed by atoms with Gasteiger partial charge in [0.05, 0.1) is 13.2 Å². The van der Waals surface area contributed by atoms with E-state index in [1.807, 2.05) is 12.1 Å². The maximum Gasteiger partial charge on any atom is 0.161 e. The SMILES string of the molecule is COc1cc(CBr)ccc1OC1CCC(C)C(C)C1. The molecule has 1 aliphatic rings. The molecule has 0 aromatic heterocycles. The lowest BCUT2D eigenvalue weighted by atomic mass is 9.80. The maximum atomic E-state index is 6.16. The summed E-state index contributed by atoms with van der Waals surface area (Å²) < 4.78 is 11.6. The van der Waals surface area contributed by atoms with Gasteiger partial charge in [-0.3, -0.25) is 0 Å². The summed E-state index contributed by atoms with van der Waals surface area (Å²) in [5.41, 5.74) is 1.20. The topological polar surface area (TPSA) is 18.5 Å². The molecule has 1 fully saturated rings. The molecule has 0 radical (unpaired) electrons. The number of hydrogen-bond donors (Lipinski definition) is 0. The number of ether oxygens (including phenoxy) is 2. The molecule has 2 nitrogen and oxygen atoms in total. The van der Waals surface area contributed by atoms with E-state index in [4.69, 9.17) is 9.47 Å². The summed E-state index contributed by atoms with van der Waals surface area (Å²) in [6, 6.07) is 6.15. The van der Waals surface area contributed by atoms with Crippen LogP contribution in [-0.4, -0.2) is 13.2 Å². The fraction of sp³-hybridized carbons (Fsp3) is 0.625. The zero-order valence-corrected chi connectivity index (χ0v) is 13.6. The van der Waals surface area contributed by atoms with Crippen molar-refractivity contribution in [3.63, 3.8) is 0 Å². The molecule has 1 aliphatic carbocycles. The van der Waals surface area contributed by atoms with E-state index in [-0.39, 0.29) is 0 Å². The monoisotopic (exact) mass is 326 g/mol. The Hall–Kier alpha value is -0.700. The number of alkyl halides is 1. The van der Waals surface area contributed by atoms with E-state index in [0.29, 0.717) is 6.10 Å². The van der Waals surface area contributed by atoms with Gasteiger partial charge in [0.25, 0.3) is 0 Å². The van der Waals surface area contributed by atoms with Gasteiger partial charge in [0.1, 0.15) is 0 Å². The first kappa shape index (κ1) is 14.7. The second kappa shape index (κ2) is 6.65. The highest BCUT2D eigenvalue weighted by Crippen LogP contribution is 2.35. The molecule has 3 heteroatoms. The molecule has 1 aromatic carbocycles. The van der Waals surface area contributed by atoms with Gasteiger partial charge >= 0.3 is 0 Å². The van der Waals surface area contributed by atoms with Gasteiger partial charge in [-0.05, 0) is 48.8 Å². The van der Waals surface area contributed by atoms with Crippen molar-refractivity contribution >= 4 is 15.9 Å². The third-order valence-corrected chi connectivity index (χ3v) is 4.87. The molecule has 0 N–H and O–H groups in total. The lowest BCUT2D eigenvalue weighted by molar-refractivity contribution is 0.0977. The van der Waals surface area contributed by atoms with Crippen LogP contribution in [-0.2, 0) is 5.33 Å². The average molecular weight is 327 g/mol. The molecule has 0 saturated heterocycles. The molecule has 0 bridgehead atoms. The van der Waals surface area contributed by atoms with Gasteiger partial charge in [-0.2, -0.15) is 0 Å². The molecule has 19 heavy (non-hydrogen) atoms. The van der Waals surface area contributed by atoms with Crippen LogP contribution in [0.3, 0.4) is 0 Å². The molecule has 3 unspecified atom stereocenters. The van der Waals surface area contributed by atoms with Crippen LogP contribution in [0.15, 0.2) is 18.2 Å². The number of benzene rings is 1. The molecule has 0 aliphatic heterocycles. The summed E-state index contributed by atoms with van der Waals surface area (Å²) in [6.45, 7) is 4.66. The predicted octanol–water partition coefficient (Wildman–Crippen LogP) is 4.79. The van der Waals surface area contributed by atoms with Gasteiger partial charge in [-0.25, -0.2) is 0 Å². The summed E-state index contributed by atoms with van der Waals surface area (Å²) in [5.74, 6) is 3.27. The van der Waals surface area contributed by atoms with E-state index in [0.717, 1.165) is 41.5 Å². The van der Waals surface area contributed by atoms with Gasteiger partial charge in [-0.15, -0.1) is 0 Å². The van der Waals surface area contributed by atoms with E-state index in [9.17, 15) is 0 Å². The summed E-state index contributed by atoms with van der Waals surface area (Å²) in [5, 5.41) is 0.835. The Morgan fingerprint density at radius 3 is 2.58 bits per heavy atom. The van der Waals surface area contributed by atoms with Crippen LogP contribution in [0.1, 0.15) is 38.7 Å². The Balaban J connectivity index is 2.06. The third-order valence-electron chi connectivity index (χ3n) is 4.23. The smallest absolute Gasteiger partial charge is 0.161 e. The summed E-state index contributed by atoms with van der Waals surface area (Å²) in [6.07, 6.45) is 3.88. The number of rotatable bonds is 4. The van der Waals surface area contributed by atoms with E-state index < -0.39 is 0 Å². The zero-order valence-electron chi connectivity index (χ0n) is 12.0. The van der Waals surface area contributed by atoms with Crippen molar-refractivity contribution in [3.8, 4) is 11.5 Å². The predicted molar refractivity (Wildman–Crippen MR) is 82.2 cm³/mol. The van der Waals surface area contributed by atoms with Crippen LogP contribution in [0.4, 0.5) is 0 Å². The second-order valence-electron chi connectivity index (χ2n) is 5.63. The minimum atomic E-state index is 0.329. The van der Waals surface area contributed by atoms with E-state index in [1.165, 1.54) is 12.0 Å². The minimum Gasteiger partial charge on any atom is -0.493 e. The van der Waals surface area contributed by atoms with Gasteiger partial charge in [0.2, 0.25) is 0 Å². The summed E-state index contributed by atoms with van der Waals surface area (Å²) in [7, 11) is 1.70. The summed E-state index contributed by atoms with van der Waals surface area (Å²) in [4.78, 5) is 0. The van der Waals surface area contributed by atoms with Gasteiger partial charge in [0, 0.05) is 5.33 Å². The largest absolute Gasteiger partial charge is 0.493 e. The van der Waals surface area contributed by atoms with Gasteiger partial charge in [-0.1, -0.05) is 35.8 Å². The third kappa shape index (κ3) is 3.65. The van der Waals surface area contributed by atoms with E-state index in [1.54, 1.807) is 7.11 Å². The molecular weight excluding hydrogens is 304 g/mol. The Morgan fingerprint density at radius 2 is 1.95 bits per heavy atom. The molecule has 0 amide bonds. The fourth-order valence-electron chi connectivity index (χ4n) is 2.68. The molecule has 1 aromatic rings. The number of methoxy groups -OCH3 is 1. The molecule has 0 heterocycles. The van der Waals surface area contributed by atoms with Crippen LogP contribution < -0.4 is 9.47 Å². The first-order valence-corrected chi connectivity index (χ1v) is 8.15. The Labute approximate surface area is 124 Å². The standard InChI is InChI=1S/C16H23BrO2/c1-11-4-6-14(8-12(11)2)19-15-7-5-13(10-17)9-16(15)18-3/h5,7,9,11-12,14H,4,6,8,10H2,1-3H3. The minimum absolute atomic E-state index is 0.329. The van der Waals surface area contributed by atoms with E-state index >= 15 is 0 Å². The molecule has 2 rings (SSSR count). The second-order valence-corrected chi connectivity index (χ2v) is 6.19. The number of hydrogen-bond acceptors (Lipinski definition) is 2. The van der Waals surface area contributed by atoms with Crippen molar-refractivity contribution < 1.29 is 9.47 Å². The first-order valence-electron chi connectivity index (χ1n) is 7.03. The van der Waals surface area contributed by atoms with Crippen molar-refractivity contribution in [2.75, 3.05) is 7.11 Å². The van der Waals surface area contributed by atoms with Crippen LogP contribution in [0, 0.1) is 11.8 Å². The van der Waals surface area contributed by atoms with Crippen molar-refractivity contribution in [2.24, 2.45) is 11.8 Å². The maximum absolute atomic E-state index is 6.16. The Morgan fingerprint density at radius 1 is 1.16 bits per heavy atom. The van der Waals surface area contributed by atoms with Crippen molar-refractivity contribution in [3.05, 3.63) is 23.8 Å². The normalized spacial score (nSPS) is 27.1. The molecule has 0 spiro atoms. The lowest BCUT2D eigenvalue weighted by Gasteiger charge is -2.32. The molecular formula is C16H23BrO2. The van der Waals surface area contributed by atoms with Crippen LogP contribution in [0.2, 0.25) is 0 Å². The van der Waals surface area contributed by atoms with Gasteiger partial charge < -0.3 is 9.47 Å². The molecule has 1 saturated carbocycles. The highest BCUT2D eigenvalue weighted by atomic mass is 79.9. The quantitative estimate of drug-likeness (QED) is 0.740. The lowest BCUT2D eigenvalue weighted by Crippen LogP contribution is -2.28. The van der Waals surface area contributed by atoms with Crippen molar-refractivity contribution in [2.45, 2.75) is 44.5 Å². The van der Waals surface area contributed by atoms with Crippen molar-refractivity contribution in [1.82, 2.24) is 0 Å². The van der Waals surface area contributed by atoms with E-state index in [2.05, 4.69) is 35.8 Å².